The molecule has 2 rings (SSSR count). The number of benzene rings is 2. The van der Waals surface area contributed by atoms with E-state index in [2.05, 4.69) is 105 Å². The number of aliphatic hydroxyl groups excluding tert-OH is 2. The molecule has 0 aromatic heterocycles. The van der Waals surface area contributed by atoms with E-state index in [9.17, 15) is 9.59 Å². The maximum absolute atomic E-state index is 11.8. The molecule has 0 aliphatic rings. The number of aliphatic hydroxyl groups is 2. The molecule has 0 saturated heterocycles. The number of rotatable bonds is 18. The summed E-state index contributed by atoms with van der Waals surface area (Å²) in [5, 5.41) is 21.4. The van der Waals surface area contributed by atoms with E-state index in [1.807, 2.05) is 0 Å². The van der Waals surface area contributed by atoms with E-state index in [0.29, 0.717) is 11.1 Å². The van der Waals surface area contributed by atoms with Gasteiger partial charge in [-0.2, -0.15) is 0 Å². The summed E-state index contributed by atoms with van der Waals surface area (Å²) in [5.74, 6) is -0.805. The largest absolute Gasteiger partial charge is 0.462 e. The molecule has 0 amide bonds. The molecule has 0 radical (unpaired) electrons. The van der Waals surface area contributed by atoms with Crippen molar-refractivity contribution >= 4 is 38.5 Å². The molecule has 2 N–H and O–H groups in total. The van der Waals surface area contributed by atoms with E-state index >= 15 is 0 Å². The molecule has 0 aliphatic carbocycles. The average Bonchev–Trinajstić information content (AvgIpc) is 2.98. The molecule has 2 aromatic carbocycles. The van der Waals surface area contributed by atoms with Crippen LogP contribution in [0.4, 0.5) is 0 Å². The van der Waals surface area contributed by atoms with E-state index in [4.69, 9.17) is 19.7 Å². The fourth-order valence-electron chi connectivity index (χ4n) is 7.50. The first kappa shape index (κ1) is 45.2. The van der Waals surface area contributed by atoms with Crippen LogP contribution in [0.25, 0.3) is 0 Å². The molecule has 2 aromatic rings. The number of esters is 2. The van der Waals surface area contributed by atoms with Crippen LogP contribution in [0.2, 0.25) is 38.3 Å². The third-order valence-corrected chi connectivity index (χ3v) is 17.1. The number of ether oxygens (including phenoxy) is 2. The van der Waals surface area contributed by atoms with Gasteiger partial charge in [0.05, 0.1) is 29.4 Å². The SMILES string of the molecule is C=C(C)C(=O)OCC(CCC[Si](C)(C)c1c(C)cc(C)cc1C)COC(=O)C(=C)C.Cc1cc(C)c([Si](C)(C)CCCC(CO)CO)c(C)c1. The molecule has 0 saturated carbocycles. The third-order valence-electron chi connectivity index (χ3n) is 9.65. The van der Waals surface area contributed by atoms with Crippen LogP contribution in [0, 0.1) is 53.4 Å². The summed E-state index contributed by atoms with van der Waals surface area (Å²) in [7, 11) is -3.07. The highest BCUT2D eigenvalue weighted by molar-refractivity contribution is 6.90. The first-order chi connectivity index (χ1) is 23.2. The molecular weight excluding hydrogens is 657 g/mol. The van der Waals surface area contributed by atoms with Gasteiger partial charge in [0, 0.05) is 36.2 Å². The Bertz CT molecular complexity index is 1380. The van der Waals surface area contributed by atoms with Gasteiger partial charge >= 0.3 is 11.9 Å². The Morgan fingerprint density at radius 1 is 0.620 bits per heavy atom. The second-order valence-corrected chi connectivity index (χ2v) is 25.5. The van der Waals surface area contributed by atoms with Crippen LogP contribution >= 0.6 is 0 Å². The van der Waals surface area contributed by atoms with Crippen molar-refractivity contribution in [1.29, 1.82) is 0 Å². The van der Waals surface area contributed by atoms with Gasteiger partial charge < -0.3 is 19.7 Å². The minimum absolute atomic E-state index is 0.0402. The predicted octanol–water partition coefficient (Wildman–Crippen LogP) is 8.07. The summed E-state index contributed by atoms with van der Waals surface area (Å²) < 4.78 is 10.7. The molecule has 0 bridgehead atoms. The van der Waals surface area contributed by atoms with E-state index in [0.717, 1.165) is 31.7 Å². The Kier molecular flexibility index (Phi) is 18.9. The Morgan fingerprint density at radius 3 is 1.20 bits per heavy atom. The molecule has 0 atom stereocenters. The summed E-state index contributed by atoms with van der Waals surface area (Å²) in [5.41, 5.74) is 9.00. The third kappa shape index (κ3) is 14.8. The number of hydrogen-bond acceptors (Lipinski definition) is 6. The van der Waals surface area contributed by atoms with E-state index in [1.54, 1.807) is 19.0 Å². The molecule has 50 heavy (non-hydrogen) atoms. The standard InChI is InChI=1S/C25H38O4Si.C17H30O2Si/c1-17(2)24(26)28-15-22(16-29-25(27)18(3)4)11-10-12-30(8,9)23-20(6)13-19(5)14-21(23)7;1-13-9-14(2)17(15(3)10-13)20(4,5)8-6-7-16(11-18)12-19/h13-14,22H,1,3,10-12,15-16H2,2,4-9H3;9-10,16,18-19H,6-8,11-12H2,1-5H3. The summed E-state index contributed by atoms with van der Waals surface area (Å²) in [4.78, 5) is 23.6. The highest BCUT2D eigenvalue weighted by Gasteiger charge is 2.28. The van der Waals surface area contributed by atoms with Crippen molar-refractivity contribution in [3.63, 3.8) is 0 Å². The number of carbonyl (C=O) groups is 2. The minimum Gasteiger partial charge on any atom is -0.462 e. The maximum Gasteiger partial charge on any atom is 0.333 e. The second kappa shape index (κ2) is 20.9. The maximum atomic E-state index is 11.8. The minimum atomic E-state index is -1.63. The lowest BCUT2D eigenvalue weighted by Gasteiger charge is -2.28. The summed E-state index contributed by atoms with van der Waals surface area (Å²) in [6.07, 6.45) is 3.84. The van der Waals surface area contributed by atoms with E-state index in [-0.39, 0.29) is 38.3 Å². The molecule has 0 fully saturated rings. The molecule has 0 unspecified atom stereocenters. The zero-order chi connectivity index (χ0) is 38.4. The molecule has 0 heterocycles. The summed E-state index contributed by atoms with van der Waals surface area (Å²) >= 11 is 0. The number of carbonyl (C=O) groups excluding carboxylic acids is 2. The van der Waals surface area contributed by atoms with Gasteiger partial charge in [0.2, 0.25) is 0 Å². The van der Waals surface area contributed by atoms with Crippen molar-refractivity contribution in [2.45, 2.75) is 119 Å². The van der Waals surface area contributed by atoms with Crippen LogP contribution in [-0.4, -0.2) is 64.7 Å². The van der Waals surface area contributed by atoms with Gasteiger partial charge in [-0.05, 0) is 68.2 Å². The van der Waals surface area contributed by atoms with Crippen LogP contribution in [0.5, 0.6) is 0 Å². The lowest BCUT2D eigenvalue weighted by Crippen LogP contribution is -2.44. The molecule has 8 heteroatoms. The second-order valence-electron chi connectivity index (χ2n) is 16.0. The van der Waals surface area contributed by atoms with Gasteiger partial charge in [0.25, 0.3) is 0 Å². The highest BCUT2D eigenvalue weighted by Crippen LogP contribution is 2.23. The zero-order valence-corrected chi connectivity index (χ0v) is 35.5. The van der Waals surface area contributed by atoms with Crippen molar-refractivity contribution in [2.75, 3.05) is 26.4 Å². The molecule has 0 spiro atoms. The van der Waals surface area contributed by atoms with Gasteiger partial charge in [-0.1, -0.05) is 132 Å². The lowest BCUT2D eigenvalue weighted by atomic mass is 10.1. The van der Waals surface area contributed by atoms with Crippen LogP contribution in [0.1, 0.15) is 72.9 Å². The van der Waals surface area contributed by atoms with Crippen LogP contribution < -0.4 is 10.4 Å². The summed E-state index contributed by atoms with van der Waals surface area (Å²) in [6.45, 7) is 34.0. The first-order valence-electron chi connectivity index (χ1n) is 18.2. The number of hydrogen-bond donors (Lipinski definition) is 2. The van der Waals surface area contributed by atoms with Crippen molar-refractivity contribution in [2.24, 2.45) is 11.8 Å². The predicted molar refractivity (Wildman–Crippen MR) is 216 cm³/mol. The summed E-state index contributed by atoms with van der Waals surface area (Å²) in [6, 6.07) is 11.5. The first-order valence-corrected chi connectivity index (χ1v) is 24.6. The van der Waals surface area contributed by atoms with Gasteiger partial charge in [-0.15, -0.1) is 0 Å². The smallest absolute Gasteiger partial charge is 0.333 e. The molecule has 6 nitrogen and oxygen atoms in total. The highest BCUT2D eigenvalue weighted by atomic mass is 28.3. The van der Waals surface area contributed by atoms with Crippen molar-refractivity contribution in [3.8, 4) is 0 Å². The van der Waals surface area contributed by atoms with Crippen LogP contribution in [0.15, 0.2) is 48.6 Å². The van der Waals surface area contributed by atoms with Crippen molar-refractivity contribution < 1.29 is 29.3 Å². The zero-order valence-electron chi connectivity index (χ0n) is 33.5. The van der Waals surface area contributed by atoms with Gasteiger partial charge in [0.1, 0.15) is 0 Å². The number of aryl methyl sites for hydroxylation is 6. The van der Waals surface area contributed by atoms with E-state index < -0.39 is 28.1 Å². The fraction of sp³-hybridized carbons (Fsp3) is 0.571. The van der Waals surface area contributed by atoms with Crippen LogP contribution in [0.3, 0.4) is 0 Å². The van der Waals surface area contributed by atoms with E-state index in [1.165, 1.54) is 44.6 Å². The fourth-order valence-corrected chi connectivity index (χ4v) is 14.7. The normalized spacial score (nSPS) is 11.7. The van der Waals surface area contributed by atoms with Gasteiger partial charge in [0.15, 0.2) is 0 Å². The quantitative estimate of drug-likeness (QED) is 0.0918. The average molecular weight is 725 g/mol. The van der Waals surface area contributed by atoms with Crippen molar-refractivity contribution in [1.82, 2.24) is 0 Å². The topological polar surface area (TPSA) is 93.1 Å². The Balaban J connectivity index is 0.000000542. The Morgan fingerprint density at radius 2 is 0.920 bits per heavy atom. The van der Waals surface area contributed by atoms with Crippen molar-refractivity contribution in [3.05, 3.63) is 82.0 Å². The Hall–Kier alpha value is -2.79. The van der Waals surface area contributed by atoms with Crippen LogP contribution in [-0.2, 0) is 19.1 Å². The molecular formula is C42H68O6Si2. The van der Waals surface area contributed by atoms with Gasteiger partial charge in [-0.3, -0.25) is 0 Å². The molecule has 0 aliphatic heterocycles. The Labute approximate surface area is 306 Å². The lowest BCUT2D eigenvalue weighted by molar-refractivity contribution is -0.144. The molecule has 280 valence electrons. The monoisotopic (exact) mass is 724 g/mol. The van der Waals surface area contributed by atoms with Gasteiger partial charge in [-0.25, -0.2) is 9.59 Å².